The molecule has 7 heteroatoms. The van der Waals surface area contributed by atoms with Crippen LogP contribution in [0, 0.1) is 5.92 Å². The molecule has 3 rings (SSSR count). The van der Waals surface area contributed by atoms with E-state index < -0.39 is 16.1 Å². The Morgan fingerprint density at radius 3 is 2.39 bits per heavy atom. The lowest BCUT2D eigenvalue weighted by atomic mass is 9.83. The van der Waals surface area contributed by atoms with Crippen LogP contribution in [0.5, 0.6) is 0 Å². The molecule has 1 saturated heterocycles. The first-order valence-corrected chi connectivity index (χ1v) is 12.6. The van der Waals surface area contributed by atoms with Gasteiger partial charge in [-0.25, -0.2) is 17.9 Å². The summed E-state index contributed by atoms with van der Waals surface area (Å²) in [6.45, 7) is 3.35. The van der Waals surface area contributed by atoms with Gasteiger partial charge in [-0.15, -0.1) is 0 Å². The van der Waals surface area contributed by atoms with E-state index in [1.807, 2.05) is 6.07 Å². The van der Waals surface area contributed by atoms with Crippen molar-refractivity contribution in [3.63, 3.8) is 0 Å². The number of sulfonamides is 1. The molecule has 2 amide bonds. The SMILES string of the molecule is CCC(CC1CCN(C(=O)NS(=O)(=O)/C=C/c2ccc(Cl)cc2)CC1)c1ccccc1. The van der Waals surface area contributed by atoms with E-state index in [0.29, 0.717) is 35.5 Å². The summed E-state index contributed by atoms with van der Waals surface area (Å²) in [6, 6.07) is 16.8. The number of hydrogen-bond donors (Lipinski definition) is 1. The van der Waals surface area contributed by atoms with Crippen molar-refractivity contribution in [3.8, 4) is 0 Å². The third-order valence-corrected chi connectivity index (χ3v) is 7.03. The van der Waals surface area contributed by atoms with Crippen molar-refractivity contribution >= 4 is 33.7 Å². The molecule has 0 spiro atoms. The third kappa shape index (κ3) is 7.11. The Morgan fingerprint density at radius 2 is 1.77 bits per heavy atom. The van der Waals surface area contributed by atoms with Crippen molar-refractivity contribution in [3.05, 3.63) is 76.2 Å². The number of likely N-dealkylation sites (tertiary alicyclic amines) is 1. The molecule has 0 aromatic heterocycles. The van der Waals surface area contributed by atoms with Gasteiger partial charge >= 0.3 is 6.03 Å². The summed E-state index contributed by atoms with van der Waals surface area (Å²) < 4.78 is 26.7. The lowest BCUT2D eigenvalue weighted by molar-refractivity contribution is 0.170. The molecule has 1 atom stereocenters. The molecule has 0 radical (unpaired) electrons. The third-order valence-electron chi connectivity index (χ3n) is 5.82. The van der Waals surface area contributed by atoms with Gasteiger partial charge < -0.3 is 4.90 Å². The Labute approximate surface area is 190 Å². The van der Waals surface area contributed by atoms with Crippen LogP contribution < -0.4 is 4.72 Å². The van der Waals surface area contributed by atoms with Gasteiger partial charge in [0.1, 0.15) is 0 Å². The number of carbonyl (C=O) groups excluding carboxylic acids is 1. The second kappa shape index (κ2) is 10.8. The summed E-state index contributed by atoms with van der Waals surface area (Å²) in [5.74, 6) is 1.06. The summed E-state index contributed by atoms with van der Waals surface area (Å²) in [7, 11) is -3.87. The minimum atomic E-state index is -3.87. The summed E-state index contributed by atoms with van der Waals surface area (Å²) in [5, 5.41) is 1.58. The number of urea groups is 1. The number of nitrogens with zero attached hydrogens (tertiary/aromatic N) is 1. The van der Waals surface area contributed by atoms with E-state index in [2.05, 4.69) is 35.9 Å². The van der Waals surface area contributed by atoms with Gasteiger partial charge in [0, 0.05) is 18.1 Å². The van der Waals surface area contributed by atoms with Gasteiger partial charge in [-0.1, -0.05) is 61.0 Å². The number of rotatable bonds is 7. The first-order chi connectivity index (χ1) is 14.9. The molecule has 1 N–H and O–H groups in total. The molecule has 1 fully saturated rings. The second-order valence-electron chi connectivity index (χ2n) is 7.99. The van der Waals surface area contributed by atoms with Crippen molar-refractivity contribution in [1.29, 1.82) is 0 Å². The zero-order valence-electron chi connectivity index (χ0n) is 17.7. The molecule has 1 aliphatic heterocycles. The number of piperidine rings is 1. The van der Waals surface area contributed by atoms with Gasteiger partial charge in [0.15, 0.2) is 0 Å². The van der Waals surface area contributed by atoms with Gasteiger partial charge in [0.25, 0.3) is 10.0 Å². The molecular formula is C24H29ClN2O3S. The van der Waals surface area contributed by atoms with Gasteiger partial charge in [0.2, 0.25) is 0 Å². The van der Waals surface area contributed by atoms with Crippen LogP contribution in [0.1, 0.15) is 49.7 Å². The lowest BCUT2D eigenvalue weighted by Gasteiger charge is -2.33. The molecule has 1 heterocycles. The van der Waals surface area contributed by atoms with Crippen molar-refractivity contribution in [2.24, 2.45) is 5.92 Å². The van der Waals surface area contributed by atoms with Crippen molar-refractivity contribution in [1.82, 2.24) is 9.62 Å². The maximum absolute atomic E-state index is 12.5. The maximum atomic E-state index is 12.5. The lowest BCUT2D eigenvalue weighted by Crippen LogP contribution is -2.46. The highest BCUT2D eigenvalue weighted by Gasteiger charge is 2.26. The normalized spacial score (nSPS) is 16.4. The second-order valence-corrected chi connectivity index (χ2v) is 9.99. The van der Waals surface area contributed by atoms with Crippen LogP contribution >= 0.6 is 11.6 Å². The van der Waals surface area contributed by atoms with Gasteiger partial charge in [-0.05, 0) is 66.9 Å². The van der Waals surface area contributed by atoms with E-state index in [0.717, 1.165) is 31.1 Å². The van der Waals surface area contributed by atoms with E-state index in [-0.39, 0.29) is 0 Å². The molecule has 2 aromatic carbocycles. The molecule has 2 aromatic rings. The fourth-order valence-corrected chi connectivity index (χ4v) is 4.90. The summed E-state index contributed by atoms with van der Waals surface area (Å²) in [5.41, 5.74) is 2.05. The zero-order chi connectivity index (χ0) is 22.3. The van der Waals surface area contributed by atoms with Gasteiger partial charge in [-0.2, -0.15) is 0 Å². The molecule has 1 unspecified atom stereocenters. The number of halogens is 1. The summed E-state index contributed by atoms with van der Waals surface area (Å²) in [4.78, 5) is 14.1. The fraction of sp³-hybridized carbons (Fsp3) is 0.375. The molecule has 166 valence electrons. The van der Waals surface area contributed by atoms with Crippen LogP contribution in [0.15, 0.2) is 60.0 Å². The van der Waals surface area contributed by atoms with Crippen LogP contribution in [0.2, 0.25) is 5.02 Å². The van der Waals surface area contributed by atoms with E-state index in [1.165, 1.54) is 11.6 Å². The Bertz CT molecular complexity index is 983. The average Bonchev–Trinajstić information content (AvgIpc) is 2.78. The first-order valence-electron chi connectivity index (χ1n) is 10.7. The number of benzene rings is 2. The molecule has 0 aliphatic carbocycles. The van der Waals surface area contributed by atoms with Crippen molar-refractivity contribution in [2.75, 3.05) is 13.1 Å². The zero-order valence-corrected chi connectivity index (χ0v) is 19.3. The van der Waals surface area contributed by atoms with E-state index in [1.54, 1.807) is 29.2 Å². The molecule has 0 saturated carbocycles. The standard InChI is InChI=1S/C24H29ClN2O3S/c1-2-21(22-6-4-3-5-7-22)18-20-12-15-27(16-13-20)24(28)26-31(29,30)17-14-19-8-10-23(25)11-9-19/h3-11,14,17,20-21H,2,12-13,15-16,18H2,1H3,(H,26,28)/b17-14+. The molecule has 1 aliphatic rings. The number of carbonyl (C=O) groups is 1. The molecule has 0 bridgehead atoms. The van der Waals surface area contributed by atoms with E-state index >= 15 is 0 Å². The number of hydrogen-bond acceptors (Lipinski definition) is 3. The maximum Gasteiger partial charge on any atom is 0.331 e. The van der Waals surface area contributed by atoms with Gasteiger partial charge in [0.05, 0.1) is 5.41 Å². The Hall–Kier alpha value is -2.31. The Balaban J connectivity index is 1.49. The smallest absolute Gasteiger partial charge is 0.324 e. The highest BCUT2D eigenvalue weighted by molar-refractivity contribution is 7.93. The number of amides is 2. The van der Waals surface area contributed by atoms with Crippen LogP contribution in [-0.2, 0) is 10.0 Å². The predicted molar refractivity (Wildman–Crippen MR) is 126 cm³/mol. The predicted octanol–water partition coefficient (Wildman–Crippen LogP) is 5.65. The summed E-state index contributed by atoms with van der Waals surface area (Å²) >= 11 is 5.83. The minimum absolute atomic E-state index is 0.518. The first kappa shape index (κ1) is 23.4. The Kier molecular flexibility index (Phi) is 8.15. The quantitative estimate of drug-likeness (QED) is 0.580. The van der Waals surface area contributed by atoms with E-state index in [4.69, 9.17) is 11.6 Å². The molecule has 31 heavy (non-hydrogen) atoms. The monoisotopic (exact) mass is 460 g/mol. The Morgan fingerprint density at radius 1 is 1.13 bits per heavy atom. The topological polar surface area (TPSA) is 66.5 Å². The van der Waals surface area contributed by atoms with Crippen LogP contribution in [0.3, 0.4) is 0 Å². The molecule has 5 nitrogen and oxygen atoms in total. The van der Waals surface area contributed by atoms with Crippen LogP contribution in [0.4, 0.5) is 4.79 Å². The summed E-state index contributed by atoms with van der Waals surface area (Å²) in [6.07, 6.45) is 5.39. The van der Waals surface area contributed by atoms with Crippen LogP contribution in [-0.4, -0.2) is 32.4 Å². The van der Waals surface area contributed by atoms with E-state index in [9.17, 15) is 13.2 Å². The highest BCUT2D eigenvalue weighted by Crippen LogP contribution is 2.32. The molecular weight excluding hydrogens is 432 g/mol. The van der Waals surface area contributed by atoms with Crippen molar-refractivity contribution < 1.29 is 13.2 Å². The van der Waals surface area contributed by atoms with Crippen LogP contribution in [0.25, 0.3) is 6.08 Å². The minimum Gasteiger partial charge on any atom is -0.324 e. The van der Waals surface area contributed by atoms with Crippen molar-refractivity contribution in [2.45, 2.75) is 38.5 Å². The highest BCUT2D eigenvalue weighted by atomic mass is 35.5. The largest absolute Gasteiger partial charge is 0.331 e. The van der Waals surface area contributed by atoms with Gasteiger partial charge in [-0.3, -0.25) is 0 Å². The number of nitrogens with one attached hydrogen (secondary N) is 1. The average molecular weight is 461 g/mol. The fourth-order valence-electron chi connectivity index (χ4n) is 4.00.